The van der Waals surface area contributed by atoms with Crippen LogP contribution in [0.3, 0.4) is 0 Å². The summed E-state index contributed by atoms with van der Waals surface area (Å²) in [5, 5.41) is 5.83. The standard InChI is InChI=1S/C21H23ClN2O4/c1-13(2)23-21(26)24-16-8-6-15(7-9-16)18(25)10-5-14-11-17(22)20(28-4)19(12-14)27-3/h5-13H,1-4H3,(H2,23,24,26)/b10-5+. The van der Waals surface area contributed by atoms with Crippen molar-refractivity contribution in [1.29, 1.82) is 0 Å². The molecule has 28 heavy (non-hydrogen) atoms. The van der Waals surface area contributed by atoms with Gasteiger partial charge in [0.1, 0.15) is 0 Å². The molecule has 0 atom stereocenters. The number of hydrogen-bond acceptors (Lipinski definition) is 4. The number of benzene rings is 2. The van der Waals surface area contributed by atoms with E-state index in [9.17, 15) is 9.59 Å². The molecule has 6 nitrogen and oxygen atoms in total. The molecule has 0 fully saturated rings. The summed E-state index contributed by atoms with van der Waals surface area (Å²) in [4.78, 5) is 24.1. The second-order valence-electron chi connectivity index (χ2n) is 6.27. The Kier molecular flexibility index (Phi) is 7.46. The van der Waals surface area contributed by atoms with Crippen molar-refractivity contribution in [2.75, 3.05) is 19.5 Å². The Hall–Kier alpha value is -2.99. The zero-order valence-electron chi connectivity index (χ0n) is 16.2. The Balaban J connectivity index is 2.08. The second-order valence-corrected chi connectivity index (χ2v) is 6.67. The monoisotopic (exact) mass is 402 g/mol. The summed E-state index contributed by atoms with van der Waals surface area (Å²) < 4.78 is 10.4. The number of methoxy groups -OCH3 is 2. The number of nitrogens with one attached hydrogen (secondary N) is 2. The lowest BCUT2D eigenvalue weighted by molar-refractivity contribution is 0.104. The molecule has 148 valence electrons. The van der Waals surface area contributed by atoms with Gasteiger partial charge >= 0.3 is 6.03 Å². The van der Waals surface area contributed by atoms with Gasteiger partial charge in [0.25, 0.3) is 0 Å². The van der Waals surface area contributed by atoms with Crippen molar-refractivity contribution >= 4 is 35.2 Å². The van der Waals surface area contributed by atoms with Crippen molar-refractivity contribution in [3.63, 3.8) is 0 Å². The van der Waals surface area contributed by atoms with Gasteiger partial charge in [-0.1, -0.05) is 17.7 Å². The van der Waals surface area contributed by atoms with Crippen LogP contribution in [0.5, 0.6) is 11.5 Å². The van der Waals surface area contributed by atoms with Crippen molar-refractivity contribution < 1.29 is 19.1 Å². The summed E-state index contributed by atoms with van der Waals surface area (Å²) in [7, 11) is 3.03. The summed E-state index contributed by atoms with van der Waals surface area (Å²) in [6.07, 6.45) is 3.10. The lowest BCUT2D eigenvalue weighted by atomic mass is 10.1. The Morgan fingerprint density at radius 3 is 2.32 bits per heavy atom. The van der Waals surface area contributed by atoms with Gasteiger partial charge in [0.15, 0.2) is 17.3 Å². The molecule has 0 spiro atoms. The van der Waals surface area contributed by atoms with E-state index >= 15 is 0 Å². The first-order chi connectivity index (χ1) is 13.3. The first kappa shape index (κ1) is 21.3. The van der Waals surface area contributed by atoms with Gasteiger partial charge in [0, 0.05) is 17.3 Å². The Bertz CT molecular complexity index is 877. The van der Waals surface area contributed by atoms with Gasteiger partial charge in [-0.25, -0.2) is 4.79 Å². The molecule has 2 aromatic rings. The summed E-state index contributed by atoms with van der Waals surface area (Å²) in [5.74, 6) is 0.749. The lowest BCUT2D eigenvalue weighted by Gasteiger charge is -2.10. The lowest BCUT2D eigenvalue weighted by Crippen LogP contribution is -2.34. The topological polar surface area (TPSA) is 76.7 Å². The van der Waals surface area contributed by atoms with Gasteiger partial charge in [-0.15, -0.1) is 0 Å². The van der Waals surface area contributed by atoms with Crippen LogP contribution in [0, 0.1) is 0 Å². The van der Waals surface area contributed by atoms with E-state index in [0.29, 0.717) is 33.3 Å². The van der Waals surface area contributed by atoms with Gasteiger partial charge in [0.2, 0.25) is 0 Å². The van der Waals surface area contributed by atoms with E-state index in [4.69, 9.17) is 21.1 Å². The van der Waals surface area contributed by atoms with E-state index in [1.165, 1.54) is 20.3 Å². The first-order valence-corrected chi connectivity index (χ1v) is 9.03. The van der Waals surface area contributed by atoms with Crippen LogP contribution >= 0.6 is 11.6 Å². The fourth-order valence-electron chi connectivity index (χ4n) is 2.45. The van der Waals surface area contributed by atoms with Gasteiger partial charge in [-0.05, 0) is 61.9 Å². The summed E-state index contributed by atoms with van der Waals surface area (Å²) >= 11 is 6.17. The molecule has 0 aliphatic heterocycles. The van der Waals surface area contributed by atoms with E-state index in [1.807, 2.05) is 13.8 Å². The normalized spacial score (nSPS) is 10.8. The maximum absolute atomic E-state index is 12.4. The minimum Gasteiger partial charge on any atom is -0.493 e. The molecule has 0 unspecified atom stereocenters. The minimum atomic E-state index is -0.292. The Morgan fingerprint density at radius 1 is 1.07 bits per heavy atom. The molecule has 0 aliphatic rings. The molecule has 2 rings (SSSR count). The number of carbonyl (C=O) groups is 2. The number of halogens is 1. The number of amides is 2. The highest BCUT2D eigenvalue weighted by atomic mass is 35.5. The zero-order chi connectivity index (χ0) is 20.7. The Labute approximate surface area is 169 Å². The molecule has 0 bridgehead atoms. The van der Waals surface area contributed by atoms with Crippen LogP contribution in [-0.4, -0.2) is 32.1 Å². The largest absolute Gasteiger partial charge is 0.493 e. The second kappa shape index (κ2) is 9.80. The molecule has 7 heteroatoms. The highest BCUT2D eigenvalue weighted by molar-refractivity contribution is 6.32. The first-order valence-electron chi connectivity index (χ1n) is 8.65. The molecule has 0 heterocycles. The van der Waals surface area contributed by atoms with Crippen molar-refractivity contribution in [3.8, 4) is 11.5 Å². The van der Waals surface area contributed by atoms with Crippen LogP contribution in [-0.2, 0) is 0 Å². The summed E-state index contributed by atoms with van der Waals surface area (Å²) in [6.45, 7) is 3.75. The van der Waals surface area contributed by atoms with Crippen molar-refractivity contribution in [3.05, 3.63) is 58.6 Å². The number of allylic oxidation sites excluding steroid dienone is 1. The molecule has 0 saturated carbocycles. The Morgan fingerprint density at radius 2 is 1.75 bits per heavy atom. The molecule has 2 aromatic carbocycles. The molecule has 2 amide bonds. The van der Waals surface area contributed by atoms with Gasteiger partial charge in [0.05, 0.1) is 19.2 Å². The summed E-state index contributed by atoms with van der Waals surface area (Å²) in [6, 6.07) is 9.82. The van der Waals surface area contributed by atoms with Crippen molar-refractivity contribution in [2.24, 2.45) is 0 Å². The van der Waals surface area contributed by atoms with E-state index in [-0.39, 0.29) is 17.9 Å². The SMILES string of the molecule is COc1cc(/C=C/C(=O)c2ccc(NC(=O)NC(C)C)cc2)cc(Cl)c1OC. The van der Waals surface area contributed by atoms with E-state index in [0.717, 1.165) is 0 Å². The number of hydrogen-bond donors (Lipinski definition) is 2. The third kappa shape index (κ3) is 5.76. The predicted molar refractivity (Wildman–Crippen MR) is 112 cm³/mol. The third-order valence-corrected chi connectivity index (χ3v) is 4.01. The van der Waals surface area contributed by atoms with Crippen LogP contribution in [0.2, 0.25) is 5.02 Å². The minimum absolute atomic E-state index is 0.0380. The number of rotatable bonds is 7. The number of ketones is 1. The van der Waals surface area contributed by atoms with E-state index in [1.54, 1.807) is 42.5 Å². The third-order valence-electron chi connectivity index (χ3n) is 3.73. The predicted octanol–water partition coefficient (Wildman–Crippen LogP) is 4.78. The summed E-state index contributed by atoms with van der Waals surface area (Å²) in [5.41, 5.74) is 1.81. The maximum Gasteiger partial charge on any atom is 0.319 e. The number of ether oxygens (including phenoxy) is 2. The number of urea groups is 1. The maximum atomic E-state index is 12.4. The van der Waals surface area contributed by atoms with E-state index < -0.39 is 0 Å². The van der Waals surface area contributed by atoms with E-state index in [2.05, 4.69) is 10.6 Å². The highest BCUT2D eigenvalue weighted by Crippen LogP contribution is 2.36. The fourth-order valence-corrected chi connectivity index (χ4v) is 2.75. The molecule has 0 aromatic heterocycles. The van der Waals surface area contributed by atoms with Gasteiger partial charge < -0.3 is 20.1 Å². The number of carbonyl (C=O) groups excluding carboxylic acids is 2. The van der Waals surface area contributed by atoms with Crippen molar-refractivity contribution in [1.82, 2.24) is 5.32 Å². The average molecular weight is 403 g/mol. The van der Waals surface area contributed by atoms with Crippen LogP contribution in [0.25, 0.3) is 6.08 Å². The quantitative estimate of drug-likeness (QED) is 0.516. The molecule has 2 N–H and O–H groups in total. The molecular weight excluding hydrogens is 380 g/mol. The van der Waals surface area contributed by atoms with Crippen LogP contribution < -0.4 is 20.1 Å². The van der Waals surface area contributed by atoms with Gasteiger partial charge in [-0.3, -0.25) is 4.79 Å². The number of anilines is 1. The van der Waals surface area contributed by atoms with Crippen LogP contribution in [0.1, 0.15) is 29.8 Å². The smallest absolute Gasteiger partial charge is 0.319 e. The molecule has 0 radical (unpaired) electrons. The van der Waals surface area contributed by atoms with Gasteiger partial charge in [-0.2, -0.15) is 0 Å². The van der Waals surface area contributed by atoms with Crippen LogP contribution in [0.15, 0.2) is 42.5 Å². The average Bonchev–Trinajstić information content (AvgIpc) is 2.65. The fraction of sp³-hybridized carbons (Fsp3) is 0.238. The molecular formula is C21H23ClN2O4. The van der Waals surface area contributed by atoms with Crippen molar-refractivity contribution in [2.45, 2.75) is 19.9 Å². The zero-order valence-corrected chi connectivity index (χ0v) is 17.0. The molecule has 0 aliphatic carbocycles. The highest BCUT2D eigenvalue weighted by Gasteiger charge is 2.10. The molecule has 0 saturated heterocycles. The van der Waals surface area contributed by atoms with Crippen LogP contribution in [0.4, 0.5) is 10.5 Å².